The third-order valence-electron chi connectivity index (χ3n) is 9.02. The van der Waals surface area contributed by atoms with E-state index in [1.807, 2.05) is 15.5 Å². The number of piperidine rings is 1. The molecule has 1 amide bonds. The third-order valence-corrected chi connectivity index (χ3v) is 9.38. The van der Waals surface area contributed by atoms with Gasteiger partial charge >= 0.3 is 0 Å². The Hall–Kier alpha value is -4.12. The summed E-state index contributed by atoms with van der Waals surface area (Å²) < 4.78 is 18.6. The molecule has 1 spiro atoms. The maximum atomic E-state index is 13.8. The second kappa shape index (κ2) is 10.9. The molecule has 0 saturated carbocycles. The number of ether oxygens (including phenoxy) is 3. The van der Waals surface area contributed by atoms with E-state index >= 15 is 0 Å². The van der Waals surface area contributed by atoms with Crippen LogP contribution in [0.25, 0.3) is 0 Å². The summed E-state index contributed by atoms with van der Waals surface area (Å²) in [4.78, 5) is 58.3. The second-order valence-electron chi connectivity index (χ2n) is 11.5. The summed E-state index contributed by atoms with van der Waals surface area (Å²) in [6.07, 6.45) is 2.18. The lowest BCUT2D eigenvalue weighted by Gasteiger charge is -2.42. The van der Waals surface area contributed by atoms with Crippen LogP contribution in [0.15, 0.2) is 45.4 Å². The number of carbonyl (C=O) groups is 3. The zero-order valence-corrected chi connectivity index (χ0v) is 24.8. The molecule has 6 rings (SSSR count). The van der Waals surface area contributed by atoms with Gasteiger partial charge in [-0.25, -0.2) is 0 Å². The zero-order chi connectivity index (χ0) is 30.6. The molecule has 4 heterocycles. The van der Waals surface area contributed by atoms with E-state index in [-0.39, 0.29) is 76.1 Å². The predicted molar refractivity (Wildman–Crippen MR) is 157 cm³/mol. The largest absolute Gasteiger partial charge is 0.507 e. The van der Waals surface area contributed by atoms with Crippen LogP contribution in [-0.2, 0) is 16.1 Å². The highest BCUT2D eigenvalue weighted by molar-refractivity contribution is 6.35. The van der Waals surface area contributed by atoms with Gasteiger partial charge in [-0.1, -0.05) is 24.6 Å². The lowest BCUT2D eigenvalue weighted by Crippen LogP contribution is -2.52. The number of allylic oxidation sites excluding steroid dienone is 1. The minimum Gasteiger partial charge on any atom is -0.507 e. The number of hydrogen-bond acceptors (Lipinski definition) is 9. The fourth-order valence-corrected chi connectivity index (χ4v) is 7.15. The molecule has 1 N–H and O–H groups in total. The van der Waals surface area contributed by atoms with Gasteiger partial charge in [0.1, 0.15) is 22.1 Å². The molecule has 1 aliphatic carbocycles. The summed E-state index contributed by atoms with van der Waals surface area (Å²) in [6, 6.07) is 6.74. The number of halogens is 1. The topological polar surface area (TPSA) is 137 Å². The molecule has 11 nitrogen and oxygen atoms in total. The Morgan fingerprint density at radius 1 is 1.19 bits per heavy atom. The van der Waals surface area contributed by atoms with Gasteiger partial charge in [-0.3, -0.25) is 24.2 Å². The van der Waals surface area contributed by atoms with E-state index in [1.54, 1.807) is 19.1 Å². The number of aliphatic hydroxyl groups excluding tert-OH is 1. The molecule has 1 saturated heterocycles. The molecule has 43 heavy (non-hydrogen) atoms. The molecule has 2 bridgehead atoms. The number of nitrogens with zero attached hydrogens (tertiary/aromatic N) is 3. The van der Waals surface area contributed by atoms with Gasteiger partial charge in [-0.15, -0.1) is 0 Å². The second-order valence-corrected chi connectivity index (χ2v) is 11.9. The quantitative estimate of drug-likeness (QED) is 0.492. The highest BCUT2D eigenvalue weighted by Gasteiger charge is 2.60. The van der Waals surface area contributed by atoms with Crippen LogP contribution in [0.2, 0.25) is 5.02 Å². The number of rotatable bonds is 6. The smallest absolute Gasteiger partial charge is 0.250 e. The monoisotopic (exact) mass is 609 g/mol. The van der Waals surface area contributed by atoms with Gasteiger partial charge in [0.2, 0.25) is 17.3 Å². The summed E-state index contributed by atoms with van der Waals surface area (Å²) in [7, 11) is 2.80. The molecule has 4 aliphatic rings. The summed E-state index contributed by atoms with van der Waals surface area (Å²) in [5.74, 6) is -1.60. The van der Waals surface area contributed by atoms with Crippen LogP contribution in [-0.4, -0.2) is 77.7 Å². The van der Waals surface area contributed by atoms with Gasteiger partial charge in [-0.05, 0) is 18.4 Å². The average Bonchev–Trinajstić information content (AvgIpc) is 3.31. The maximum absolute atomic E-state index is 13.8. The summed E-state index contributed by atoms with van der Waals surface area (Å²) in [6.45, 7) is 3.42. The van der Waals surface area contributed by atoms with Crippen molar-refractivity contribution in [2.45, 2.75) is 44.2 Å². The van der Waals surface area contributed by atoms with E-state index < -0.39 is 28.8 Å². The van der Waals surface area contributed by atoms with Crippen molar-refractivity contribution in [1.82, 2.24) is 9.47 Å². The number of pyridine rings is 1. The minimum absolute atomic E-state index is 0.0105. The van der Waals surface area contributed by atoms with E-state index in [0.29, 0.717) is 19.6 Å². The standard InChI is InChI=1S/C31H32ClN3O8/c1-16-9-21(36)19(29(39)31(16)30(40)26-22(41-2)11-23(42-3)27(32)28(26)43-31)12-33-8-7-24(37)34-13-17-10-18(15-34)20-5-4-6-25(38)35(20)14-17/h4-6,11-12,16-18,39H,7-10,13-15H2,1-3H3/t16?,17-,18+,31?/m1/s1. The molecule has 226 valence electrons. The molecule has 3 aliphatic heterocycles. The predicted octanol–water partition coefficient (Wildman–Crippen LogP) is 3.36. The van der Waals surface area contributed by atoms with Crippen LogP contribution in [0.1, 0.15) is 48.2 Å². The lowest BCUT2D eigenvalue weighted by molar-refractivity contribution is -0.133. The summed E-state index contributed by atoms with van der Waals surface area (Å²) in [5, 5.41) is 11.4. The number of aromatic nitrogens is 1. The maximum Gasteiger partial charge on any atom is 0.250 e. The van der Waals surface area contributed by atoms with Crippen molar-refractivity contribution in [3.8, 4) is 17.2 Å². The van der Waals surface area contributed by atoms with Crippen molar-refractivity contribution >= 4 is 35.3 Å². The van der Waals surface area contributed by atoms with Crippen molar-refractivity contribution in [2.24, 2.45) is 16.8 Å². The van der Waals surface area contributed by atoms with Gasteiger partial charge in [0.25, 0.3) is 5.56 Å². The van der Waals surface area contributed by atoms with E-state index in [4.69, 9.17) is 25.8 Å². The molecular weight excluding hydrogens is 578 g/mol. The Balaban J connectivity index is 1.19. The van der Waals surface area contributed by atoms with Gasteiger partial charge in [0, 0.05) is 74.9 Å². The summed E-state index contributed by atoms with van der Waals surface area (Å²) >= 11 is 6.47. The first-order valence-electron chi connectivity index (χ1n) is 14.2. The number of aliphatic hydroxyl groups is 1. The molecule has 4 atom stereocenters. The van der Waals surface area contributed by atoms with Gasteiger partial charge in [0.05, 0.1) is 19.8 Å². The molecule has 12 heteroatoms. The summed E-state index contributed by atoms with van der Waals surface area (Å²) in [5.41, 5.74) is -1.03. The number of aliphatic imine (C=N–C) groups is 1. The lowest BCUT2D eigenvalue weighted by atomic mass is 9.73. The first-order chi connectivity index (χ1) is 20.6. The van der Waals surface area contributed by atoms with Crippen LogP contribution < -0.4 is 19.8 Å². The first-order valence-corrected chi connectivity index (χ1v) is 14.6. The number of ketones is 2. The number of hydrogen-bond donors (Lipinski definition) is 1. The first kappa shape index (κ1) is 29.0. The zero-order valence-electron chi connectivity index (χ0n) is 24.1. The van der Waals surface area contributed by atoms with Gasteiger partial charge in [-0.2, -0.15) is 0 Å². The molecule has 2 unspecified atom stereocenters. The number of Topliss-reactive ketones (excluding diaryl/α,β-unsaturated/α-hetero) is 2. The number of methoxy groups -OCH3 is 2. The average molecular weight is 610 g/mol. The van der Waals surface area contributed by atoms with Crippen LogP contribution in [0.4, 0.5) is 0 Å². The molecular formula is C31H32ClN3O8. The minimum atomic E-state index is -1.89. The Morgan fingerprint density at radius 3 is 2.70 bits per heavy atom. The normalized spacial score (nSPS) is 26.0. The fourth-order valence-electron chi connectivity index (χ4n) is 6.89. The SMILES string of the molecule is COc1cc(OC)c2c(c1Cl)OC1(C2=O)C(O)=C(C=NCCC(=O)N2C[C@H]3C[C@@H](C2)c2cccc(=O)n2C3)C(=O)CC1C. The van der Waals surface area contributed by atoms with Crippen molar-refractivity contribution < 1.29 is 33.7 Å². The highest BCUT2D eigenvalue weighted by Crippen LogP contribution is 2.54. The molecule has 1 aromatic heterocycles. The van der Waals surface area contributed by atoms with Crippen LogP contribution in [0, 0.1) is 11.8 Å². The van der Waals surface area contributed by atoms with Crippen molar-refractivity contribution in [2.75, 3.05) is 33.9 Å². The number of likely N-dealkylation sites (tertiary alicyclic amines) is 1. The van der Waals surface area contributed by atoms with Crippen molar-refractivity contribution in [3.05, 3.63) is 62.2 Å². The number of fused-ring (bicyclic) bond motifs is 5. The number of amides is 1. The highest BCUT2D eigenvalue weighted by atomic mass is 35.5. The van der Waals surface area contributed by atoms with Gasteiger partial charge < -0.3 is 28.8 Å². The van der Waals surface area contributed by atoms with Crippen molar-refractivity contribution in [1.29, 1.82) is 0 Å². The Morgan fingerprint density at radius 2 is 1.95 bits per heavy atom. The molecule has 0 radical (unpaired) electrons. The van der Waals surface area contributed by atoms with E-state index in [0.717, 1.165) is 12.1 Å². The Kier molecular flexibility index (Phi) is 7.32. The van der Waals surface area contributed by atoms with Crippen molar-refractivity contribution in [3.63, 3.8) is 0 Å². The molecule has 1 aromatic carbocycles. The van der Waals surface area contributed by atoms with Crippen LogP contribution in [0.5, 0.6) is 17.2 Å². The van der Waals surface area contributed by atoms with E-state index in [1.165, 1.54) is 26.5 Å². The third kappa shape index (κ3) is 4.52. The Labute approximate surface area is 252 Å². The van der Waals surface area contributed by atoms with E-state index in [2.05, 4.69) is 4.99 Å². The van der Waals surface area contributed by atoms with Gasteiger partial charge in [0.15, 0.2) is 17.3 Å². The fraction of sp³-hybridized carbons (Fsp3) is 0.452. The molecule has 1 fully saturated rings. The number of carbonyl (C=O) groups excluding carboxylic acids is 3. The molecule has 2 aromatic rings. The van der Waals surface area contributed by atoms with Crippen LogP contribution in [0.3, 0.4) is 0 Å². The Bertz CT molecular complexity index is 1660. The van der Waals surface area contributed by atoms with E-state index in [9.17, 15) is 24.3 Å². The van der Waals surface area contributed by atoms with Crippen LogP contribution >= 0.6 is 11.6 Å². The number of benzene rings is 1.